The van der Waals surface area contributed by atoms with E-state index in [1.807, 2.05) is 31.2 Å². The number of ether oxygens (including phenoxy) is 1. The van der Waals surface area contributed by atoms with Crippen LogP contribution in [-0.2, 0) is 0 Å². The molecule has 0 saturated heterocycles. The summed E-state index contributed by atoms with van der Waals surface area (Å²) >= 11 is 0. The van der Waals surface area contributed by atoms with Crippen molar-refractivity contribution in [3.8, 4) is 5.75 Å². The van der Waals surface area contributed by atoms with Gasteiger partial charge in [-0.2, -0.15) is 0 Å². The Morgan fingerprint density at radius 1 is 1.25 bits per heavy atom. The lowest BCUT2D eigenvalue weighted by molar-refractivity contribution is 0.0698. The first-order valence-corrected chi connectivity index (χ1v) is 6.23. The van der Waals surface area contributed by atoms with E-state index in [9.17, 15) is 4.79 Å². The van der Waals surface area contributed by atoms with Crippen LogP contribution in [0.2, 0.25) is 0 Å². The number of nitrogens with one attached hydrogen (secondary N) is 1. The molecule has 0 heterocycles. The van der Waals surface area contributed by atoms with Crippen molar-refractivity contribution in [3.05, 3.63) is 48.0 Å². The molecule has 0 aliphatic heterocycles. The summed E-state index contributed by atoms with van der Waals surface area (Å²) < 4.78 is 5.35. The van der Waals surface area contributed by atoms with E-state index in [1.54, 1.807) is 12.1 Å². The summed E-state index contributed by atoms with van der Waals surface area (Å²) in [6, 6.07) is 12.0. The quantitative estimate of drug-likeness (QED) is 0.728. The Balaban J connectivity index is 2.23. The molecule has 0 aliphatic rings. The molecule has 0 unspecified atom stereocenters. The molecule has 2 aromatic carbocycles. The minimum Gasteiger partial charge on any atom is -0.494 e. The molecule has 4 N–H and O–H groups in total. The summed E-state index contributed by atoms with van der Waals surface area (Å²) in [5, 5.41) is 12.2. The van der Waals surface area contributed by atoms with Gasteiger partial charge < -0.3 is 20.9 Å². The van der Waals surface area contributed by atoms with Gasteiger partial charge in [0.25, 0.3) is 0 Å². The normalized spacial score (nSPS) is 10.1. The summed E-state index contributed by atoms with van der Waals surface area (Å²) in [6.07, 6.45) is 0. The van der Waals surface area contributed by atoms with Gasteiger partial charge in [-0.05, 0) is 49.4 Å². The molecule has 5 nitrogen and oxygen atoms in total. The Labute approximate surface area is 117 Å². The lowest BCUT2D eigenvalue weighted by atomic mass is 10.1. The maximum Gasteiger partial charge on any atom is 0.337 e. The molecule has 2 rings (SSSR count). The summed E-state index contributed by atoms with van der Waals surface area (Å²) in [4.78, 5) is 11.2. The third-order valence-corrected chi connectivity index (χ3v) is 2.72. The zero-order valence-corrected chi connectivity index (χ0v) is 11.1. The fourth-order valence-electron chi connectivity index (χ4n) is 1.80. The highest BCUT2D eigenvalue weighted by atomic mass is 16.5. The SMILES string of the molecule is CCOc1ccc(Nc2ccc(N)cc2C(=O)O)cc1. The maximum atomic E-state index is 11.2. The number of hydrogen-bond donors (Lipinski definition) is 3. The van der Waals surface area contributed by atoms with Gasteiger partial charge in [0.2, 0.25) is 0 Å². The molecule has 0 spiro atoms. The minimum atomic E-state index is -1.02. The van der Waals surface area contributed by atoms with E-state index >= 15 is 0 Å². The largest absolute Gasteiger partial charge is 0.494 e. The van der Waals surface area contributed by atoms with Crippen molar-refractivity contribution in [2.75, 3.05) is 17.7 Å². The van der Waals surface area contributed by atoms with Crippen LogP contribution in [0.4, 0.5) is 17.1 Å². The van der Waals surface area contributed by atoms with Gasteiger partial charge in [-0.3, -0.25) is 0 Å². The molecular formula is C15H16N2O3. The Bertz CT molecular complexity index is 609. The molecule has 0 aliphatic carbocycles. The number of carboxylic acid groups (broad SMARTS) is 1. The van der Waals surface area contributed by atoms with Crippen LogP contribution in [0.5, 0.6) is 5.75 Å². The number of carboxylic acids is 1. The second-order valence-electron chi connectivity index (χ2n) is 4.19. The van der Waals surface area contributed by atoms with E-state index in [-0.39, 0.29) is 5.56 Å². The van der Waals surface area contributed by atoms with Crippen molar-refractivity contribution >= 4 is 23.0 Å². The molecule has 0 atom stereocenters. The highest BCUT2D eigenvalue weighted by Crippen LogP contribution is 2.24. The molecule has 0 radical (unpaired) electrons. The fourth-order valence-corrected chi connectivity index (χ4v) is 1.80. The van der Waals surface area contributed by atoms with Crippen LogP contribution in [0.3, 0.4) is 0 Å². The van der Waals surface area contributed by atoms with E-state index in [0.717, 1.165) is 11.4 Å². The van der Waals surface area contributed by atoms with Gasteiger partial charge >= 0.3 is 5.97 Å². The molecule has 20 heavy (non-hydrogen) atoms. The van der Waals surface area contributed by atoms with Crippen LogP contribution in [0.25, 0.3) is 0 Å². The van der Waals surface area contributed by atoms with Crippen molar-refractivity contribution in [1.29, 1.82) is 0 Å². The molecule has 0 fully saturated rings. The summed E-state index contributed by atoms with van der Waals surface area (Å²) in [5.74, 6) is -0.250. The van der Waals surface area contributed by atoms with Crippen molar-refractivity contribution in [1.82, 2.24) is 0 Å². The monoisotopic (exact) mass is 272 g/mol. The molecule has 0 amide bonds. The fraction of sp³-hybridized carbons (Fsp3) is 0.133. The van der Waals surface area contributed by atoms with Gasteiger partial charge in [-0.25, -0.2) is 4.79 Å². The van der Waals surface area contributed by atoms with Crippen molar-refractivity contribution < 1.29 is 14.6 Å². The van der Waals surface area contributed by atoms with Gasteiger partial charge in [-0.1, -0.05) is 0 Å². The first-order chi connectivity index (χ1) is 9.60. The second kappa shape index (κ2) is 5.97. The summed E-state index contributed by atoms with van der Waals surface area (Å²) in [5.41, 5.74) is 7.43. The van der Waals surface area contributed by atoms with Crippen molar-refractivity contribution in [2.45, 2.75) is 6.92 Å². The second-order valence-corrected chi connectivity index (χ2v) is 4.19. The number of benzene rings is 2. The number of carbonyl (C=O) groups is 1. The van der Waals surface area contributed by atoms with Crippen LogP contribution in [-0.4, -0.2) is 17.7 Å². The summed E-state index contributed by atoms with van der Waals surface area (Å²) in [6.45, 7) is 2.52. The molecule has 0 saturated carbocycles. The van der Waals surface area contributed by atoms with E-state index in [0.29, 0.717) is 18.0 Å². The first-order valence-electron chi connectivity index (χ1n) is 6.23. The third-order valence-electron chi connectivity index (χ3n) is 2.72. The third kappa shape index (κ3) is 3.20. The Hall–Kier alpha value is -2.69. The summed E-state index contributed by atoms with van der Waals surface area (Å²) in [7, 11) is 0. The number of hydrogen-bond acceptors (Lipinski definition) is 4. The number of rotatable bonds is 5. The average molecular weight is 272 g/mol. The van der Waals surface area contributed by atoms with Gasteiger partial charge in [-0.15, -0.1) is 0 Å². The van der Waals surface area contributed by atoms with Crippen LogP contribution in [0.15, 0.2) is 42.5 Å². The van der Waals surface area contributed by atoms with Crippen LogP contribution >= 0.6 is 0 Å². The molecule has 2 aromatic rings. The molecular weight excluding hydrogens is 256 g/mol. The zero-order chi connectivity index (χ0) is 14.5. The topological polar surface area (TPSA) is 84.6 Å². The maximum absolute atomic E-state index is 11.2. The van der Waals surface area contributed by atoms with Crippen LogP contribution in [0, 0.1) is 0 Å². The Morgan fingerprint density at radius 3 is 2.55 bits per heavy atom. The van der Waals surface area contributed by atoms with Gasteiger partial charge in [0.05, 0.1) is 17.9 Å². The number of nitrogen functional groups attached to an aromatic ring is 1. The lowest BCUT2D eigenvalue weighted by Gasteiger charge is -2.11. The number of aromatic carboxylic acids is 1. The highest BCUT2D eigenvalue weighted by molar-refractivity contribution is 5.96. The van der Waals surface area contributed by atoms with Crippen molar-refractivity contribution in [2.24, 2.45) is 0 Å². The Kier molecular flexibility index (Phi) is 4.10. The predicted octanol–water partition coefficient (Wildman–Crippen LogP) is 3.11. The van der Waals surface area contributed by atoms with Crippen LogP contribution < -0.4 is 15.8 Å². The molecule has 0 aromatic heterocycles. The van der Waals surface area contributed by atoms with Crippen LogP contribution in [0.1, 0.15) is 17.3 Å². The molecule has 0 bridgehead atoms. The standard InChI is InChI=1S/C15H16N2O3/c1-2-20-12-6-4-11(5-7-12)17-14-8-3-10(16)9-13(14)15(18)19/h3-9,17H,2,16H2,1H3,(H,18,19). The van der Waals surface area contributed by atoms with E-state index < -0.39 is 5.97 Å². The minimum absolute atomic E-state index is 0.138. The predicted molar refractivity (Wildman–Crippen MR) is 78.7 cm³/mol. The smallest absolute Gasteiger partial charge is 0.337 e. The number of nitrogens with two attached hydrogens (primary N) is 1. The van der Waals surface area contributed by atoms with E-state index in [1.165, 1.54) is 6.07 Å². The van der Waals surface area contributed by atoms with Gasteiger partial charge in [0, 0.05) is 11.4 Å². The lowest BCUT2D eigenvalue weighted by Crippen LogP contribution is -2.03. The highest BCUT2D eigenvalue weighted by Gasteiger charge is 2.10. The van der Waals surface area contributed by atoms with Gasteiger partial charge in [0.1, 0.15) is 5.75 Å². The first kappa shape index (κ1) is 13.7. The molecule has 104 valence electrons. The van der Waals surface area contributed by atoms with E-state index in [2.05, 4.69) is 5.32 Å². The van der Waals surface area contributed by atoms with Crippen molar-refractivity contribution in [3.63, 3.8) is 0 Å². The average Bonchev–Trinajstić information content (AvgIpc) is 2.43. The Morgan fingerprint density at radius 2 is 1.95 bits per heavy atom. The number of anilines is 3. The van der Waals surface area contributed by atoms with E-state index in [4.69, 9.17) is 15.6 Å². The van der Waals surface area contributed by atoms with Gasteiger partial charge in [0.15, 0.2) is 0 Å². The molecule has 5 heteroatoms. The zero-order valence-electron chi connectivity index (χ0n) is 11.1.